The van der Waals surface area contributed by atoms with Crippen molar-refractivity contribution in [2.75, 3.05) is 49.5 Å². The van der Waals surface area contributed by atoms with Crippen molar-refractivity contribution in [3.8, 4) is 0 Å². The van der Waals surface area contributed by atoms with E-state index in [4.69, 9.17) is 4.42 Å². The number of rotatable bonds is 5. The molecule has 4 heterocycles. The number of benzene rings is 1. The van der Waals surface area contributed by atoms with E-state index in [2.05, 4.69) is 10.2 Å². The first-order chi connectivity index (χ1) is 16.6. The van der Waals surface area contributed by atoms with E-state index in [1.54, 1.807) is 29.2 Å². The fourth-order valence-electron chi connectivity index (χ4n) is 4.46. The molecule has 0 saturated carbocycles. The van der Waals surface area contributed by atoms with Crippen LogP contribution in [0.15, 0.2) is 58.5 Å². The summed E-state index contributed by atoms with van der Waals surface area (Å²) < 4.78 is 5.25. The van der Waals surface area contributed by atoms with Crippen LogP contribution in [0.25, 0.3) is 0 Å². The van der Waals surface area contributed by atoms with Gasteiger partial charge in [-0.1, -0.05) is 6.07 Å². The molecule has 0 bridgehead atoms. The summed E-state index contributed by atoms with van der Waals surface area (Å²) in [4.78, 5) is 45.0. The molecule has 1 aromatic carbocycles. The molecule has 2 aromatic heterocycles. The molecule has 2 aliphatic rings. The van der Waals surface area contributed by atoms with Crippen LogP contribution in [0, 0.1) is 0 Å². The van der Waals surface area contributed by atoms with Gasteiger partial charge in [-0.15, -0.1) is 11.3 Å². The molecule has 0 unspecified atom stereocenters. The smallest absolute Gasteiger partial charge is 0.289 e. The fourth-order valence-corrected chi connectivity index (χ4v) is 5.08. The van der Waals surface area contributed by atoms with Gasteiger partial charge < -0.3 is 24.4 Å². The van der Waals surface area contributed by atoms with Gasteiger partial charge in [0.2, 0.25) is 0 Å². The molecule has 176 valence electrons. The normalized spacial score (nSPS) is 16.1. The Hall–Kier alpha value is -3.59. The van der Waals surface area contributed by atoms with Crippen molar-refractivity contribution in [1.82, 2.24) is 9.80 Å². The third kappa shape index (κ3) is 4.56. The Morgan fingerprint density at radius 1 is 0.853 bits per heavy atom. The van der Waals surface area contributed by atoms with Crippen molar-refractivity contribution in [3.05, 3.63) is 70.3 Å². The summed E-state index contributed by atoms with van der Waals surface area (Å²) in [6.45, 7) is 3.77. The SMILES string of the molecule is O=C(Nc1ccc(N2CCN(C(=O)c3ccco3)CC2)c(C(=O)N2CCCC2)c1)c1cccs1. The third-order valence-corrected chi connectivity index (χ3v) is 7.13. The lowest BCUT2D eigenvalue weighted by Crippen LogP contribution is -2.49. The van der Waals surface area contributed by atoms with Crippen LogP contribution in [0.3, 0.4) is 0 Å². The summed E-state index contributed by atoms with van der Waals surface area (Å²) in [6, 6.07) is 12.5. The van der Waals surface area contributed by atoms with Gasteiger partial charge in [0.05, 0.1) is 16.7 Å². The zero-order valence-corrected chi connectivity index (χ0v) is 19.6. The first-order valence-corrected chi connectivity index (χ1v) is 12.3. The third-order valence-electron chi connectivity index (χ3n) is 6.26. The minimum Gasteiger partial charge on any atom is -0.459 e. The standard InChI is InChI=1S/C25H26N4O4S/c30-23(22-6-4-16-34-22)26-18-7-8-20(19(17-18)24(31)28-9-1-2-10-28)27-11-13-29(14-12-27)25(32)21-5-3-15-33-21/h3-8,15-17H,1-2,9-14H2,(H,26,30). The zero-order valence-electron chi connectivity index (χ0n) is 18.7. The van der Waals surface area contributed by atoms with Gasteiger partial charge in [0.15, 0.2) is 5.76 Å². The molecule has 34 heavy (non-hydrogen) atoms. The van der Waals surface area contributed by atoms with Gasteiger partial charge in [-0.2, -0.15) is 0 Å². The molecule has 0 spiro atoms. The summed E-state index contributed by atoms with van der Waals surface area (Å²) in [5.41, 5.74) is 2.00. The van der Waals surface area contributed by atoms with E-state index in [0.717, 1.165) is 31.6 Å². The van der Waals surface area contributed by atoms with Crippen molar-refractivity contribution in [2.24, 2.45) is 0 Å². The quantitative estimate of drug-likeness (QED) is 0.603. The highest BCUT2D eigenvalue weighted by Gasteiger charge is 2.28. The Bertz CT molecular complexity index is 1160. The van der Waals surface area contributed by atoms with Crippen molar-refractivity contribution in [1.29, 1.82) is 0 Å². The predicted molar refractivity (Wildman–Crippen MR) is 131 cm³/mol. The lowest BCUT2D eigenvalue weighted by Gasteiger charge is -2.37. The van der Waals surface area contributed by atoms with E-state index >= 15 is 0 Å². The first kappa shape index (κ1) is 22.2. The lowest BCUT2D eigenvalue weighted by atomic mass is 10.1. The number of hydrogen-bond donors (Lipinski definition) is 1. The van der Waals surface area contributed by atoms with Crippen molar-refractivity contribution in [2.45, 2.75) is 12.8 Å². The van der Waals surface area contributed by atoms with Crippen LogP contribution in [0.1, 0.15) is 43.4 Å². The van der Waals surface area contributed by atoms with Crippen LogP contribution < -0.4 is 10.2 Å². The Labute approximate surface area is 201 Å². The highest BCUT2D eigenvalue weighted by Crippen LogP contribution is 2.29. The molecular formula is C25H26N4O4S. The summed E-state index contributed by atoms with van der Waals surface area (Å²) in [7, 11) is 0. The Kier molecular flexibility index (Phi) is 6.35. The molecule has 3 aromatic rings. The second kappa shape index (κ2) is 9.72. The molecule has 2 fully saturated rings. The molecule has 1 N–H and O–H groups in total. The number of carbonyl (C=O) groups excluding carboxylic acids is 3. The maximum Gasteiger partial charge on any atom is 0.289 e. The lowest BCUT2D eigenvalue weighted by molar-refractivity contribution is 0.0712. The minimum atomic E-state index is -0.188. The fraction of sp³-hybridized carbons (Fsp3) is 0.320. The predicted octanol–water partition coefficient (Wildman–Crippen LogP) is 3.79. The van der Waals surface area contributed by atoms with E-state index in [1.807, 2.05) is 28.5 Å². The molecule has 2 saturated heterocycles. The van der Waals surface area contributed by atoms with E-state index in [0.29, 0.717) is 48.1 Å². The maximum atomic E-state index is 13.4. The molecule has 0 atom stereocenters. The number of likely N-dealkylation sites (tertiary alicyclic amines) is 1. The van der Waals surface area contributed by atoms with Crippen LogP contribution in [-0.4, -0.2) is 66.8 Å². The van der Waals surface area contributed by atoms with Crippen LogP contribution in [0.2, 0.25) is 0 Å². The number of anilines is 2. The monoisotopic (exact) mass is 478 g/mol. The number of amides is 3. The Morgan fingerprint density at radius 3 is 2.29 bits per heavy atom. The van der Waals surface area contributed by atoms with Gasteiger partial charge in [0.1, 0.15) is 0 Å². The number of hydrogen-bond acceptors (Lipinski definition) is 6. The van der Waals surface area contributed by atoms with Gasteiger partial charge in [0, 0.05) is 50.6 Å². The summed E-state index contributed by atoms with van der Waals surface area (Å²) in [6.07, 6.45) is 3.51. The van der Waals surface area contributed by atoms with E-state index < -0.39 is 0 Å². The first-order valence-electron chi connectivity index (χ1n) is 11.5. The molecule has 2 aliphatic heterocycles. The van der Waals surface area contributed by atoms with Crippen molar-refractivity contribution < 1.29 is 18.8 Å². The zero-order chi connectivity index (χ0) is 23.5. The number of carbonyl (C=O) groups is 3. The average molecular weight is 479 g/mol. The number of furan rings is 1. The summed E-state index contributed by atoms with van der Waals surface area (Å²) >= 11 is 1.37. The second-order valence-corrected chi connectivity index (χ2v) is 9.37. The molecular weight excluding hydrogens is 452 g/mol. The van der Waals surface area contributed by atoms with E-state index in [-0.39, 0.29) is 17.7 Å². The van der Waals surface area contributed by atoms with Crippen LogP contribution in [0.5, 0.6) is 0 Å². The summed E-state index contributed by atoms with van der Waals surface area (Å²) in [5.74, 6) is 0.00929. The number of piperazine rings is 1. The average Bonchev–Trinajstić information content (AvgIpc) is 3.66. The number of nitrogens with one attached hydrogen (secondary N) is 1. The van der Waals surface area contributed by atoms with Gasteiger partial charge in [-0.3, -0.25) is 14.4 Å². The molecule has 5 rings (SSSR count). The number of nitrogens with zero attached hydrogens (tertiary/aromatic N) is 3. The minimum absolute atomic E-state index is 0.0196. The van der Waals surface area contributed by atoms with Crippen molar-refractivity contribution >= 4 is 40.4 Å². The Balaban J connectivity index is 1.36. The largest absolute Gasteiger partial charge is 0.459 e. The summed E-state index contributed by atoms with van der Waals surface area (Å²) in [5, 5.41) is 4.77. The molecule has 3 amide bonds. The number of thiophene rings is 1. The maximum absolute atomic E-state index is 13.4. The van der Waals surface area contributed by atoms with Gasteiger partial charge in [-0.05, 0) is 54.6 Å². The van der Waals surface area contributed by atoms with Crippen LogP contribution in [0.4, 0.5) is 11.4 Å². The Morgan fingerprint density at radius 2 is 1.62 bits per heavy atom. The van der Waals surface area contributed by atoms with Crippen LogP contribution >= 0.6 is 11.3 Å². The highest BCUT2D eigenvalue weighted by molar-refractivity contribution is 7.12. The molecule has 9 heteroatoms. The van der Waals surface area contributed by atoms with Gasteiger partial charge >= 0.3 is 0 Å². The molecule has 0 aliphatic carbocycles. The van der Waals surface area contributed by atoms with E-state index in [1.165, 1.54) is 17.6 Å². The highest BCUT2D eigenvalue weighted by atomic mass is 32.1. The van der Waals surface area contributed by atoms with Crippen LogP contribution in [-0.2, 0) is 0 Å². The van der Waals surface area contributed by atoms with Gasteiger partial charge in [0.25, 0.3) is 17.7 Å². The second-order valence-electron chi connectivity index (χ2n) is 8.42. The van der Waals surface area contributed by atoms with Gasteiger partial charge in [-0.25, -0.2) is 0 Å². The van der Waals surface area contributed by atoms with E-state index in [9.17, 15) is 14.4 Å². The molecule has 0 radical (unpaired) electrons. The molecule has 8 nitrogen and oxygen atoms in total. The topological polar surface area (TPSA) is 86.1 Å². The van der Waals surface area contributed by atoms with Crippen molar-refractivity contribution in [3.63, 3.8) is 0 Å².